The van der Waals surface area contributed by atoms with Crippen LogP contribution in [-0.4, -0.2) is 10.9 Å². The normalized spacial score (nSPS) is 17.5. The van der Waals surface area contributed by atoms with Crippen LogP contribution in [0.1, 0.15) is 37.7 Å². The smallest absolute Gasteiger partial charge is 0.237 e. The van der Waals surface area contributed by atoms with Gasteiger partial charge < -0.3 is 11.1 Å². The summed E-state index contributed by atoms with van der Waals surface area (Å²) in [6.07, 6.45) is 4.20. The van der Waals surface area contributed by atoms with Gasteiger partial charge in [0, 0.05) is 0 Å². The molecule has 0 unspecified atom stereocenters. The molecular formula is C15H19FN2OS. The number of anilines is 1. The van der Waals surface area contributed by atoms with E-state index in [1.165, 1.54) is 6.07 Å². The summed E-state index contributed by atoms with van der Waals surface area (Å²) in [7, 11) is 0. The maximum Gasteiger partial charge on any atom is 0.237 e. The molecule has 1 saturated carbocycles. The number of carbonyl (C=O) groups is 1. The summed E-state index contributed by atoms with van der Waals surface area (Å²) >= 11 is 5.10. The van der Waals surface area contributed by atoms with Gasteiger partial charge >= 0.3 is 0 Å². The molecule has 20 heavy (non-hydrogen) atoms. The van der Waals surface area contributed by atoms with Crippen LogP contribution in [0.25, 0.3) is 0 Å². The molecule has 5 heteroatoms. The average molecular weight is 294 g/mol. The number of aryl methyl sites for hydroxylation is 1. The monoisotopic (exact) mass is 294 g/mol. The van der Waals surface area contributed by atoms with Gasteiger partial charge in [0.15, 0.2) is 0 Å². The Morgan fingerprint density at radius 2 is 2.00 bits per heavy atom. The first-order valence-electron chi connectivity index (χ1n) is 6.83. The lowest BCUT2D eigenvalue weighted by atomic mass is 9.73. The van der Waals surface area contributed by atoms with E-state index in [1.54, 1.807) is 19.1 Å². The van der Waals surface area contributed by atoms with Crippen LogP contribution in [0.15, 0.2) is 18.2 Å². The quantitative estimate of drug-likeness (QED) is 0.841. The molecule has 0 radical (unpaired) electrons. The van der Waals surface area contributed by atoms with Crippen LogP contribution in [0.2, 0.25) is 0 Å². The Labute approximate surface area is 123 Å². The lowest BCUT2D eigenvalue weighted by molar-refractivity contribution is -0.123. The van der Waals surface area contributed by atoms with Crippen molar-refractivity contribution in [2.75, 3.05) is 5.32 Å². The van der Waals surface area contributed by atoms with Gasteiger partial charge in [-0.3, -0.25) is 4.79 Å². The molecule has 1 aliphatic rings. The van der Waals surface area contributed by atoms with E-state index in [4.69, 9.17) is 18.0 Å². The van der Waals surface area contributed by atoms with Crippen molar-refractivity contribution >= 4 is 28.8 Å². The number of carbonyl (C=O) groups excluding carboxylic acids is 1. The van der Waals surface area contributed by atoms with Gasteiger partial charge in [-0.25, -0.2) is 4.39 Å². The van der Waals surface area contributed by atoms with Crippen LogP contribution >= 0.6 is 12.2 Å². The summed E-state index contributed by atoms with van der Waals surface area (Å²) in [6, 6.07) is 4.72. The van der Waals surface area contributed by atoms with Crippen molar-refractivity contribution in [3.63, 3.8) is 0 Å². The molecule has 1 aliphatic carbocycles. The van der Waals surface area contributed by atoms with Crippen LogP contribution in [0.4, 0.5) is 10.1 Å². The van der Waals surface area contributed by atoms with Gasteiger partial charge in [-0.2, -0.15) is 0 Å². The second-order valence-electron chi connectivity index (χ2n) is 5.44. The highest BCUT2D eigenvalue weighted by atomic mass is 32.1. The predicted molar refractivity (Wildman–Crippen MR) is 82.1 cm³/mol. The standard InChI is InChI=1S/C15H19FN2OS/c1-10-5-6-12(11(16)9-10)18-14(19)15(13(17)20)7-3-2-4-8-15/h5-6,9H,2-4,7-8H2,1H3,(H2,17,20)(H,18,19). The fourth-order valence-electron chi connectivity index (χ4n) is 2.70. The average Bonchev–Trinajstić information content (AvgIpc) is 2.42. The molecule has 3 nitrogen and oxygen atoms in total. The molecule has 2 rings (SSSR count). The van der Waals surface area contributed by atoms with E-state index in [-0.39, 0.29) is 16.6 Å². The zero-order chi connectivity index (χ0) is 14.8. The van der Waals surface area contributed by atoms with E-state index in [0.717, 1.165) is 24.8 Å². The van der Waals surface area contributed by atoms with E-state index < -0.39 is 11.2 Å². The Bertz CT molecular complexity index is 539. The molecule has 1 fully saturated rings. The summed E-state index contributed by atoms with van der Waals surface area (Å²) < 4.78 is 13.8. The first-order chi connectivity index (χ1) is 9.45. The van der Waals surface area contributed by atoms with E-state index in [9.17, 15) is 9.18 Å². The van der Waals surface area contributed by atoms with E-state index in [2.05, 4.69) is 5.32 Å². The molecule has 0 aromatic heterocycles. The number of thiocarbonyl (C=S) groups is 1. The number of nitrogens with two attached hydrogens (primary N) is 1. The largest absolute Gasteiger partial charge is 0.392 e. The van der Waals surface area contributed by atoms with E-state index in [1.807, 2.05) is 0 Å². The van der Waals surface area contributed by atoms with Crippen molar-refractivity contribution in [3.8, 4) is 0 Å². The van der Waals surface area contributed by atoms with Crippen molar-refractivity contribution < 1.29 is 9.18 Å². The second kappa shape index (κ2) is 5.87. The highest BCUT2D eigenvalue weighted by molar-refractivity contribution is 7.80. The van der Waals surface area contributed by atoms with Crippen molar-refractivity contribution in [3.05, 3.63) is 29.6 Å². The third-order valence-corrected chi connectivity index (χ3v) is 4.38. The summed E-state index contributed by atoms with van der Waals surface area (Å²) in [4.78, 5) is 12.7. The summed E-state index contributed by atoms with van der Waals surface area (Å²) in [5.74, 6) is -0.722. The summed E-state index contributed by atoms with van der Waals surface area (Å²) in [5, 5.41) is 2.65. The molecule has 3 N–H and O–H groups in total. The predicted octanol–water partition coefficient (Wildman–Crippen LogP) is 3.31. The molecule has 108 valence electrons. The Hall–Kier alpha value is -1.49. The minimum atomic E-state index is -0.828. The molecule has 1 aromatic carbocycles. The van der Waals surface area contributed by atoms with Crippen molar-refractivity contribution in [1.82, 2.24) is 0 Å². The van der Waals surface area contributed by atoms with E-state index >= 15 is 0 Å². The molecule has 0 bridgehead atoms. The number of hydrogen-bond acceptors (Lipinski definition) is 2. The second-order valence-corrected chi connectivity index (χ2v) is 5.88. The molecular weight excluding hydrogens is 275 g/mol. The maximum atomic E-state index is 13.8. The van der Waals surface area contributed by atoms with Crippen molar-refractivity contribution in [2.45, 2.75) is 39.0 Å². The van der Waals surface area contributed by atoms with Crippen LogP contribution in [-0.2, 0) is 4.79 Å². The lowest BCUT2D eigenvalue weighted by Crippen LogP contribution is -2.47. The maximum absolute atomic E-state index is 13.8. The summed E-state index contributed by atoms with van der Waals surface area (Å²) in [6.45, 7) is 1.80. The minimum Gasteiger partial charge on any atom is -0.392 e. The molecule has 0 saturated heterocycles. The first-order valence-corrected chi connectivity index (χ1v) is 7.24. The number of benzene rings is 1. The molecule has 0 spiro atoms. The first kappa shape index (κ1) is 14.9. The van der Waals surface area contributed by atoms with Gasteiger partial charge in [-0.1, -0.05) is 37.5 Å². The SMILES string of the molecule is Cc1ccc(NC(=O)C2(C(N)=S)CCCCC2)c(F)c1. The Kier molecular flexibility index (Phi) is 4.38. The third kappa shape index (κ3) is 2.82. The van der Waals surface area contributed by atoms with Gasteiger partial charge in [-0.15, -0.1) is 0 Å². The molecule has 1 amide bonds. The molecule has 1 aromatic rings. The van der Waals surface area contributed by atoms with Crippen molar-refractivity contribution in [2.24, 2.45) is 11.1 Å². The number of halogens is 1. The van der Waals surface area contributed by atoms with Crippen molar-refractivity contribution in [1.29, 1.82) is 0 Å². The fourth-order valence-corrected chi connectivity index (χ4v) is 3.00. The van der Waals surface area contributed by atoms with Crippen LogP contribution in [0.3, 0.4) is 0 Å². The van der Waals surface area contributed by atoms with Crippen LogP contribution in [0, 0.1) is 18.2 Å². The van der Waals surface area contributed by atoms with Gasteiger partial charge in [0.25, 0.3) is 0 Å². The van der Waals surface area contributed by atoms with Gasteiger partial charge in [0.2, 0.25) is 5.91 Å². The highest BCUT2D eigenvalue weighted by Gasteiger charge is 2.42. The number of hydrogen-bond donors (Lipinski definition) is 2. The molecule has 0 heterocycles. The number of nitrogens with one attached hydrogen (secondary N) is 1. The minimum absolute atomic E-state index is 0.182. The molecule has 0 atom stereocenters. The highest BCUT2D eigenvalue weighted by Crippen LogP contribution is 2.38. The van der Waals surface area contributed by atoms with Crippen LogP contribution in [0.5, 0.6) is 0 Å². The fraction of sp³-hybridized carbons (Fsp3) is 0.467. The Morgan fingerprint density at radius 3 is 2.55 bits per heavy atom. The van der Waals surface area contributed by atoms with Gasteiger partial charge in [0.05, 0.1) is 16.1 Å². The molecule has 0 aliphatic heterocycles. The third-order valence-electron chi connectivity index (χ3n) is 3.99. The zero-order valence-electron chi connectivity index (χ0n) is 11.5. The Morgan fingerprint density at radius 1 is 1.35 bits per heavy atom. The Balaban J connectivity index is 2.22. The number of amides is 1. The zero-order valence-corrected chi connectivity index (χ0v) is 12.4. The topological polar surface area (TPSA) is 55.1 Å². The van der Waals surface area contributed by atoms with Gasteiger partial charge in [-0.05, 0) is 37.5 Å². The van der Waals surface area contributed by atoms with Gasteiger partial charge in [0.1, 0.15) is 5.82 Å². The number of rotatable bonds is 3. The van der Waals surface area contributed by atoms with Crippen LogP contribution < -0.4 is 11.1 Å². The van der Waals surface area contributed by atoms with E-state index in [0.29, 0.717) is 12.8 Å². The lowest BCUT2D eigenvalue weighted by Gasteiger charge is -2.34. The summed E-state index contributed by atoms with van der Waals surface area (Å²) in [5.41, 5.74) is 5.96.